The van der Waals surface area contributed by atoms with Gasteiger partial charge < -0.3 is 0 Å². The van der Waals surface area contributed by atoms with Gasteiger partial charge in [-0.3, -0.25) is 0 Å². The van der Waals surface area contributed by atoms with Gasteiger partial charge in [-0.2, -0.15) is 5.26 Å². The number of nitriles is 1. The van der Waals surface area contributed by atoms with Crippen molar-refractivity contribution in [3.05, 3.63) is 12.2 Å². The van der Waals surface area contributed by atoms with E-state index in [1.54, 1.807) is 0 Å². The predicted octanol–water partition coefficient (Wildman–Crippen LogP) is 1.85. The molecular formula is C5H6BrN. The summed E-state index contributed by atoms with van der Waals surface area (Å²) in [5, 5.41) is 8.77. The second kappa shape index (κ2) is 3.89. The Morgan fingerprint density at radius 2 is 2.43 bits per heavy atom. The lowest BCUT2D eigenvalue weighted by atomic mass is 10.3. The molecule has 0 unspecified atom stereocenters. The van der Waals surface area contributed by atoms with Gasteiger partial charge in [-0.15, -0.1) is 0 Å². The standard InChI is InChI=1S/C5H6BrN/c1-5(4-6)2-3-7/h1-2,4H2. The minimum absolute atomic E-state index is 0.464. The maximum Gasteiger partial charge on any atom is 0.0666 e. The van der Waals surface area contributed by atoms with Gasteiger partial charge in [-0.25, -0.2) is 0 Å². The molecule has 0 aromatic rings. The third kappa shape index (κ3) is 3.54. The minimum Gasteiger partial charge on any atom is -0.198 e. The van der Waals surface area contributed by atoms with Crippen LogP contribution in [0, 0.1) is 11.3 Å². The molecule has 38 valence electrons. The van der Waals surface area contributed by atoms with E-state index in [9.17, 15) is 0 Å². The highest BCUT2D eigenvalue weighted by molar-refractivity contribution is 9.09. The van der Waals surface area contributed by atoms with Crippen molar-refractivity contribution in [2.24, 2.45) is 0 Å². The van der Waals surface area contributed by atoms with E-state index in [0.717, 1.165) is 10.9 Å². The Bertz CT molecular complexity index is 101. The van der Waals surface area contributed by atoms with E-state index < -0.39 is 0 Å². The van der Waals surface area contributed by atoms with E-state index >= 15 is 0 Å². The largest absolute Gasteiger partial charge is 0.198 e. The molecule has 0 aromatic carbocycles. The third-order valence-electron chi connectivity index (χ3n) is 0.518. The average molecular weight is 160 g/mol. The molecule has 0 heterocycles. The molecule has 0 spiro atoms. The quantitative estimate of drug-likeness (QED) is 0.446. The molecule has 1 nitrogen and oxygen atoms in total. The van der Waals surface area contributed by atoms with Crippen LogP contribution in [0.25, 0.3) is 0 Å². The molecule has 0 amide bonds. The molecule has 0 saturated heterocycles. The van der Waals surface area contributed by atoms with Crippen LogP contribution in [0.3, 0.4) is 0 Å². The zero-order chi connectivity index (χ0) is 5.70. The fourth-order valence-corrected chi connectivity index (χ4v) is 0.357. The van der Waals surface area contributed by atoms with Gasteiger partial charge in [-0.05, 0) is 0 Å². The van der Waals surface area contributed by atoms with Crippen LogP contribution in [0.2, 0.25) is 0 Å². The topological polar surface area (TPSA) is 23.8 Å². The van der Waals surface area contributed by atoms with Gasteiger partial charge in [-0.1, -0.05) is 28.1 Å². The van der Waals surface area contributed by atoms with E-state index in [1.165, 1.54) is 0 Å². The van der Waals surface area contributed by atoms with Crippen molar-refractivity contribution in [2.75, 3.05) is 5.33 Å². The van der Waals surface area contributed by atoms with Crippen LogP contribution in [0.15, 0.2) is 12.2 Å². The summed E-state index contributed by atoms with van der Waals surface area (Å²) in [6.45, 7) is 3.59. The Hall–Kier alpha value is -0.290. The Labute approximate surface area is 51.8 Å². The predicted molar refractivity (Wildman–Crippen MR) is 33.2 cm³/mol. The number of hydrogen-bond acceptors (Lipinski definition) is 1. The highest BCUT2D eigenvalue weighted by Gasteiger charge is 1.84. The van der Waals surface area contributed by atoms with E-state index in [0.29, 0.717) is 6.42 Å². The summed E-state index contributed by atoms with van der Waals surface area (Å²) in [6, 6.07) is 1.99. The van der Waals surface area contributed by atoms with Gasteiger partial charge in [0.2, 0.25) is 0 Å². The first-order valence-corrected chi connectivity index (χ1v) is 3.03. The van der Waals surface area contributed by atoms with E-state index in [-0.39, 0.29) is 0 Å². The highest BCUT2D eigenvalue weighted by Crippen LogP contribution is 1.98. The average Bonchev–Trinajstić information content (AvgIpc) is 1.68. The van der Waals surface area contributed by atoms with E-state index in [2.05, 4.69) is 22.5 Å². The van der Waals surface area contributed by atoms with Gasteiger partial charge in [0.05, 0.1) is 12.5 Å². The number of hydrogen-bond donors (Lipinski definition) is 0. The molecule has 0 aliphatic carbocycles. The summed E-state index contributed by atoms with van der Waals surface area (Å²) in [4.78, 5) is 0. The van der Waals surface area contributed by atoms with Crippen LogP contribution in [-0.2, 0) is 0 Å². The molecule has 7 heavy (non-hydrogen) atoms. The molecule has 0 saturated carbocycles. The first-order valence-electron chi connectivity index (χ1n) is 1.91. The van der Waals surface area contributed by atoms with Crippen molar-refractivity contribution in [3.63, 3.8) is 0 Å². The number of rotatable bonds is 2. The van der Waals surface area contributed by atoms with Crippen molar-refractivity contribution in [3.8, 4) is 6.07 Å². The molecular weight excluding hydrogens is 154 g/mol. The normalized spacial score (nSPS) is 7.43. The van der Waals surface area contributed by atoms with Crippen LogP contribution in [0.4, 0.5) is 0 Å². The molecule has 0 rings (SSSR count). The molecule has 0 radical (unpaired) electrons. The second-order valence-electron chi connectivity index (χ2n) is 1.22. The fourth-order valence-electron chi connectivity index (χ4n) is 0.159. The second-order valence-corrected chi connectivity index (χ2v) is 1.78. The molecule has 0 aliphatic rings. The van der Waals surface area contributed by atoms with E-state index in [4.69, 9.17) is 5.26 Å². The maximum absolute atomic E-state index is 8.04. The fraction of sp³-hybridized carbons (Fsp3) is 0.400. The first kappa shape index (κ1) is 6.71. The van der Waals surface area contributed by atoms with Crippen molar-refractivity contribution in [2.45, 2.75) is 6.42 Å². The lowest BCUT2D eigenvalue weighted by molar-refractivity contribution is 1.24. The molecule has 0 aromatic heterocycles. The van der Waals surface area contributed by atoms with Gasteiger partial charge in [0, 0.05) is 5.33 Å². The SMILES string of the molecule is C=C(CBr)CC#N. The molecule has 0 fully saturated rings. The summed E-state index contributed by atoms with van der Waals surface area (Å²) in [7, 11) is 0. The molecule has 0 bridgehead atoms. The van der Waals surface area contributed by atoms with Crippen LogP contribution in [-0.4, -0.2) is 5.33 Å². The summed E-state index contributed by atoms with van der Waals surface area (Å²) < 4.78 is 0. The molecule has 0 atom stereocenters. The van der Waals surface area contributed by atoms with E-state index in [1.807, 2.05) is 6.07 Å². The van der Waals surface area contributed by atoms with Crippen LogP contribution in [0.5, 0.6) is 0 Å². The van der Waals surface area contributed by atoms with Crippen molar-refractivity contribution < 1.29 is 0 Å². The van der Waals surface area contributed by atoms with Crippen molar-refractivity contribution >= 4 is 15.9 Å². The van der Waals surface area contributed by atoms with Crippen LogP contribution in [0.1, 0.15) is 6.42 Å². The molecule has 2 heteroatoms. The highest BCUT2D eigenvalue weighted by atomic mass is 79.9. The summed E-state index contributed by atoms with van der Waals surface area (Å²) in [6.07, 6.45) is 0.464. The zero-order valence-electron chi connectivity index (χ0n) is 3.95. The molecule has 0 N–H and O–H groups in total. The van der Waals surface area contributed by atoms with Crippen molar-refractivity contribution in [1.82, 2.24) is 0 Å². The number of alkyl halides is 1. The van der Waals surface area contributed by atoms with Gasteiger partial charge in [0.15, 0.2) is 0 Å². The van der Waals surface area contributed by atoms with Crippen LogP contribution < -0.4 is 0 Å². The Kier molecular flexibility index (Phi) is 3.72. The first-order chi connectivity index (χ1) is 3.31. The van der Waals surface area contributed by atoms with Gasteiger partial charge in [0.25, 0.3) is 0 Å². The Morgan fingerprint density at radius 3 is 2.57 bits per heavy atom. The van der Waals surface area contributed by atoms with Crippen molar-refractivity contribution in [1.29, 1.82) is 5.26 Å². The Balaban J connectivity index is 3.23. The summed E-state index contributed by atoms with van der Waals surface area (Å²) >= 11 is 3.17. The monoisotopic (exact) mass is 159 g/mol. The minimum atomic E-state index is 0.464. The summed E-state index contributed by atoms with van der Waals surface area (Å²) in [5.41, 5.74) is 0.933. The number of halogens is 1. The van der Waals surface area contributed by atoms with Gasteiger partial charge >= 0.3 is 0 Å². The maximum atomic E-state index is 8.04. The summed E-state index contributed by atoms with van der Waals surface area (Å²) in [5.74, 6) is 0. The lowest BCUT2D eigenvalue weighted by Crippen LogP contribution is -1.75. The zero-order valence-corrected chi connectivity index (χ0v) is 5.53. The Morgan fingerprint density at radius 1 is 1.86 bits per heavy atom. The lowest BCUT2D eigenvalue weighted by Gasteiger charge is -1.85. The smallest absolute Gasteiger partial charge is 0.0666 e. The van der Waals surface area contributed by atoms with Crippen LogP contribution >= 0.6 is 15.9 Å². The van der Waals surface area contributed by atoms with Gasteiger partial charge in [0.1, 0.15) is 0 Å². The molecule has 0 aliphatic heterocycles. The third-order valence-corrected chi connectivity index (χ3v) is 1.31. The number of allylic oxidation sites excluding steroid dienone is 1. The number of nitrogens with zero attached hydrogens (tertiary/aromatic N) is 1.